The van der Waals surface area contributed by atoms with E-state index < -0.39 is 0 Å². The molecule has 0 spiro atoms. The van der Waals surface area contributed by atoms with Crippen molar-refractivity contribution in [2.75, 3.05) is 0 Å². The zero-order chi connectivity index (χ0) is 7.98. The summed E-state index contributed by atoms with van der Waals surface area (Å²) in [6.45, 7) is 4.00. The molecule has 0 aromatic carbocycles. The highest BCUT2D eigenvalue weighted by atomic mass is 16.1. The smallest absolute Gasteiger partial charge is 0.148 e. The van der Waals surface area contributed by atoms with E-state index in [1.54, 1.807) is 6.08 Å². The monoisotopic (exact) mass is 136 g/mol. The first-order chi connectivity index (χ1) is 4.80. The second kappa shape index (κ2) is 5.27. The van der Waals surface area contributed by atoms with E-state index in [-0.39, 0.29) is 5.78 Å². The molecule has 0 saturated heterocycles. The van der Waals surface area contributed by atoms with Crippen LogP contribution in [0.5, 0.6) is 0 Å². The molecule has 0 unspecified atom stereocenters. The SMILES string of the molecule is CC.[B]C1=CCCCC1=O. The zero-order valence-electron chi connectivity index (χ0n) is 6.68. The molecular formula is C8H13BO. The van der Waals surface area contributed by atoms with Gasteiger partial charge in [0.05, 0.1) is 0 Å². The molecule has 1 aliphatic rings. The van der Waals surface area contributed by atoms with Crippen molar-refractivity contribution in [1.82, 2.24) is 0 Å². The molecule has 2 radical (unpaired) electrons. The van der Waals surface area contributed by atoms with Gasteiger partial charge < -0.3 is 0 Å². The van der Waals surface area contributed by atoms with Gasteiger partial charge in [0.2, 0.25) is 0 Å². The summed E-state index contributed by atoms with van der Waals surface area (Å²) in [5.41, 5.74) is 0.455. The fourth-order valence-electron chi connectivity index (χ4n) is 0.778. The predicted octanol–water partition coefficient (Wildman–Crippen LogP) is 1.82. The number of ketones is 1. The second-order valence-corrected chi connectivity index (χ2v) is 1.97. The average molecular weight is 136 g/mol. The number of allylic oxidation sites excluding steroid dienone is 2. The summed E-state index contributed by atoms with van der Waals surface area (Å²) in [4.78, 5) is 10.6. The van der Waals surface area contributed by atoms with Crippen molar-refractivity contribution in [2.24, 2.45) is 0 Å². The minimum absolute atomic E-state index is 0.108. The predicted molar refractivity (Wildman–Crippen MR) is 44.0 cm³/mol. The Kier molecular flexibility index (Phi) is 5.00. The van der Waals surface area contributed by atoms with Crippen LogP contribution in [-0.4, -0.2) is 13.6 Å². The second-order valence-electron chi connectivity index (χ2n) is 1.97. The van der Waals surface area contributed by atoms with Gasteiger partial charge in [0.1, 0.15) is 13.6 Å². The summed E-state index contributed by atoms with van der Waals surface area (Å²) in [5.74, 6) is 0.108. The van der Waals surface area contributed by atoms with Crippen molar-refractivity contribution in [2.45, 2.75) is 33.1 Å². The van der Waals surface area contributed by atoms with Crippen molar-refractivity contribution >= 4 is 13.6 Å². The summed E-state index contributed by atoms with van der Waals surface area (Å²) in [6.07, 6.45) is 4.38. The third kappa shape index (κ3) is 2.86. The Morgan fingerprint density at radius 3 is 2.40 bits per heavy atom. The zero-order valence-corrected chi connectivity index (χ0v) is 6.68. The highest BCUT2D eigenvalue weighted by molar-refractivity contribution is 6.36. The molecule has 0 fully saturated rings. The topological polar surface area (TPSA) is 17.1 Å². The van der Waals surface area contributed by atoms with Crippen LogP contribution in [0.3, 0.4) is 0 Å². The maximum absolute atomic E-state index is 10.6. The molecule has 54 valence electrons. The summed E-state index contributed by atoms with van der Waals surface area (Å²) in [6, 6.07) is 0. The van der Waals surface area contributed by atoms with Crippen LogP contribution in [0.25, 0.3) is 0 Å². The quantitative estimate of drug-likeness (QED) is 0.464. The normalized spacial score (nSPS) is 17.0. The van der Waals surface area contributed by atoms with Crippen LogP contribution in [0.2, 0.25) is 0 Å². The molecule has 0 aromatic rings. The molecule has 0 atom stereocenters. The number of hydrogen-bond donors (Lipinski definition) is 0. The fourth-order valence-corrected chi connectivity index (χ4v) is 0.778. The maximum Gasteiger partial charge on any atom is 0.148 e. The van der Waals surface area contributed by atoms with Crippen molar-refractivity contribution in [3.05, 3.63) is 11.5 Å². The maximum atomic E-state index is 10.6. The van der Waals surface area contributed by atoms with Crippen molar-refractivity contribution in [3.8, 4) is 0 Å². The fraction of sp³-hybridized carbons (Fsp3) is 0.625. The largest absolute Gasteiger partial charge is 0.296 e. The Morgan fingerprint density at radius 1 is 1.50 bits per heavy atom. The van der Waals surface area contributed by atoms with Gasteiger partial charge in [-0.3, -0.25) is 4.79 Å². The van der Waals surface area contributed by atoms with Crippen LogP contribution in [0.4, 0.5) is 0 Å². The van der Waals surface area contributed by atoms with Gasteiger partial charge in [0, 0.05) is 6.42 Å². The van der Waals surface area contributed by atoms with E-state index in [1.165, 1.54) is 0 Å². The molecule has 0 N–H and O–H groups in total. The Labute approximate surface area is 63.9 Å². The highest BCUT2D eigenvalue weighted by Crippen LogP contribution is 2.10. The third-order valence-corrected chi connectivity index (χ3v) is 1.29. The standard InChI is InChI=1S/C6H7BO.C2H6/c7-5-3-1-2-4-6(5)8;1-2/h3H,1-2,4H2;1-2H3. The van der Waals surface area contributed by atoms with E-state index in [2.05, 4.69) is 0 Å². The molecule has 10 heavy (non-hydrogen) atoms. The molecule has 1 aliphatic carbocycles. The third-order valence-electron chi connectivity index (χ3n) is 1.29. The first kappa shape index (κ1) is 9.47. The van der Waals surface area contributed by atoms with Crippen molar-refractivity contribution in [1.29, 1.82) is 0 Å². The molecule has 0 amide bonds. The van der Waals surface area contributed by atoms with Gasteiger partial charge in [-0.05, 0) is 12.8 Å². The van der Waals surface area contributed by atoms with E-state index in [1.807, 2.05) is 13.8 Å². The van der Waals surface area contributed by atoms with Gasteiger partial charge in [-0.25, -0.2) is 0 Å². The number of hydrogen-bond acceptors (Lipinski definition) is 1. The first-order valence-corrected chi connectivity index (χ1v) is 3.79. The van der Waals surface area contributed by atoms with Crippen LogP contribution < -0.4 is 0 Å². The summed E-state index contributed by atoms with van der Waals surface area (Å²) in [7, 11) is 5.29. The van der Waals surface area contributed by atoms with Crippen LogP contribution in [-0.2, 0) is 4.79 Å². The van der Waals surface area contributed by atoms with Gasteiger partial charge in [-0.15, -0.1) is 0 Å². The molecule has 0 bridgehead atoms. The first-order valence-electron chi connectivity index (χ1n) is 3.79. The van der Waals surface area contributed by atoms with Crippen LogP contribution in [0.1, 0.15) is 33.1 Å². The lowest BCUT2D eigenvalue weighted by Gasteiger charge is -2.05. The molecular weight excluding hydrogens is 123 g/mol. The van der Waals surface area contributed by atoms with Crippen molar-refractivity contribution in [3.63, 3.8) is 0 Å². The van der Waals surface area contributed by atoms with Gasteiger partial charge in [-0.2, -0.15) is 0 Å². The number of carbonyl (C=O) groups is 1. The minimum Gasteiger partial charge on any atom is -0.296 e. The van der Waals surface area contributed by atoms with Gasteiger partial charge in [-0.1, -0.05) is 25.4 Å². The Bertz CT molecular complexity index is 138. The van der Waals surface area contributed by atoms with E-state index >= 15 is 0 Å². The molecule has 0 heterocycles. The molecule has 0 aliphatic heterocycles. The van der Waals surface area contributed by atoms with E-state index in [0.29, 0.717) is 11.9 Å². The van der Waals surface area contributed by atoms with E-state index in [0.717, 1.165) is 12.8 Å². The van der Waals surface area contributed by atoms with Crippen LogP contribution >= 0.6 is 0 Å². The van der Waals surface area contributed by atoms with Gasteiger partial charge in [0.15, 0.2) is 0 Å². The summed E-state index contributed by atoms with van der Waals surface area (Å²) >= 11 is 0. The molecule has 1 nitrogen and oxygen atoms in total. The lowest BCUT2D eigenvalue weighted by Crippen LogP contribution is -2.05. The summed E-state index contributed by atoms with van der Waals surface area (Å²) in [5, 5.41) is 0. The van der Waals surface area contributed by atoms with Crippen LogP contribution in [0, 0.1) is 0 Å². The minimum atomic E-state index is 0.108. The van der Waals surface area contributed by atoms with Crippen molar-refractivity contribution < 1.29 is 4.79 Å². The van der Waals surface area contributed by atoms with E-state index in [9.17, 15) is 4.79 Å². The number of rotatable bonds is 0. The Morgan fingerprint density at radius 2 is 2.10 bits per heavy atom. The van der Waals surface area contributed by atoms with Gasteiger partial charge in [0.25, 0.3) is 0 Å². The Balaban J connectivity index is 0.000000371. The lowest BCUT2D eigenvalue weighted by atomic mass is 9.84. The average Bonchev–Trinajstić information content (AvgIpc) is 2.00. The van der Waals surface area contributed by atoms with Crippen LogP contribution in [0.15, 0.2) is 11.5 Å². The number of carbonyl (C=O) groups excluding carboxylic acids is 1. The summed E-state index contributed by atoms with van der Waals surface area (Å²) < 4.78 is 0. The van der Waals surface area contributed by atoms with E-state index in [4.69, 9.17) is 7.85 Å². The highest BCUT2D eigenvalue weighted by Gasteiger charge is 2.06. The lowest BCUT2D eigenvalue weighted by molar-refractivity contribution is -0.115. The molecule has 2 heteroatoms. The van der Waals surface area contributed by atoms with Gasteiger partial charge >= 0.3 is 0 Å². The molecule has 1 rings (SSSR count). The Hall–Kier alpha value is -0.525. The number of Topliss-reactive ketones (excluding diaryl/α,β-unsaturated/α-hetero) is 1. The molecule has 0 aromatic heterocycles. The molecule has 0 saturated carbocycles.